The topological polar surface area (TPSA) is 91.6 Å². The van der Waals surface area contributed by atoms with Crippen LogP contribution in [-0.2, 0) is 4.79 Å². The van der Waals surface area contributed by atoms with Gasteiger partial charge in [0.05, 0.1) is 23.2 Å². The lowest BCUT2D eigenvalue weighted by Gasteiger charge is -2.34. The first-order valence-electron chi connectivity index (χ1n) is 10.5. The number of amides is 2. The molecule has 1 atom stereocenters. The molecule has 4 rings (SSSR count). The lowest BCUT2D eigenvalue weighted by Crippen LogP contribution is -2.51. The number of pyridine rings is 1. The van der Waals surface area contributed by atoms with Crippen molar-refractivity contribution in [1.82, 2.24) is 25.3 Å². The van der Waals surface area contributed by atoms with Gasteiger partial charge in [0.2, 0.25) is 5.91 Å². The Morgan fingerprint density at radius 2 is 2.00 bits per heavy atom. The second kappa shape index (κ2) is 8.10. The van der Waals surface area contributed by atoms with Gasteiger partial charge >= 0.3 is 0 Å². The molecule has 2 aromatic heterocycles. The first-order chi connectivity index (χ1) is 14.0. The van der Waals surface area contributed by atoms with Gasteiger partial charge in [-0.15, -0.1) is 0 Å². The molecule has 1 N–H and O–H groups in total. The van der Waals surface area contributed by atoms with E-state index in [1.165, 1.54) is 0 Å². The minimum atomic E-state index is -0.00527. The summed E-state index contributed by atoms with van der Waals surface area (Å²) in [5.74, 6) is 0.468. The molecule has 2 aliphatic rings. The summed E-state index contributed by atoms with van der Waals surface area (Å²) >= 11 is 0. The van der Waals surface area contributed by atoms with E-state index in [4.69, 9.17) is 4.52 Å². The van der Waals surface area contributed by atoms with Crippen molar-refractivity contribution in [3.63, 3.8) is 0 Å². The van der Waals surface area contributed by atoms with Gasteiger partial charge in [-0.2, -0.15) is 0 Å². The van der Waals surface area contributed by atoms with Crippen LogP contribution in [0.1, 0.15) is 60.8 Å². The Kier molecular flexibility index (Phi) is 5.54. The first kappa shape index (κ1) is 19.8. The molecule has 8 nitrogen and oxygen atoms in total. The average molecular weight is 399 g/mol. The highest BCUT2D eigenvalue weighted by molar-refractivity contribution is 6.06. The number of carbonyl (C=O) groups excluding carboxylic acids is 2. The van der Waals surface area contributed by atoms with Crippen molar-refractivity contribution in [2.75, 3.05) is 32.7 Å². The fourth-order valence-electron chi connectivity index (χ4n) is 3.78. The molecule has 3 heterocycles. The SMILES string of the molecule is CCC(C)NC(=O)CN1CCN(C(=O)c2cc(C3CC3)nc3onc(C)c23)CC1. The second-order valence-electron chi connectivity index (χ2n) is 8.26. The molecule has 1 unspecified atom stereocenters. The molecule has 0 bridgehead atoms. The Hall–Kier alpha value is -2.48. The van der Waals surface area contributed by atoms with Gasteiger partial charge < -0.3 is 14.7 Å². The zero-order chi connectivity index (χ0) is 20.5. The molecule has 2 fully saturated rings. The van der Waals surface area contributed by atoms with E-state index in [0.29, 0.717) is 55.6 Å². The smallest absolute Gasteiger partial charge is 0.259 e. The van der Waals surface area contributed by atoms with Crippen LogP contribution in [0, 0.1) is 6.92 Å². The molecule has 0 spiro atoms. The van der Waals surface area contributed by atoms with Gasteiger partial charge in [0.25, 0.3) is 11.6 Å². The lowest BCUT2D eigenvalue weighted by atomic mass is 10.1. The van der Waals surface area contributed by atoms with Crippen molar-refractivity contribution in [1.29, 1.82) is 0 Å². The molecule has 0 aromatic carbocycles. The largest absolute Gasteiger partial charge is 0.353 e. The van der Waals surface area contributed by atoms with Crippen LogP contribution in [0.2, 0.25) is 0 Å². The number of fused-ring (bicyclic) bond motifs is 1. The predicted molar refractivity (Wildman–Crippen MR) is 109 cm³/mol. The van der Waals surface area contributed by atoms with Crippen LogP contribution in [0.3, 0.4) is 0 Å². The number of aromatic nitrogens is 2. The van der Waals surface area contributed by atoms with E-state index in [1.54, 1.807) is 0 Å². The van der Waals surface area contributed by atoms with Crippen molar-refractivity contribution in [3.05, 3.63) is 23.0 Å². The van der Waals surface area contributed by atoms with E-state index in [9.17, 15) is 9.59 Å². The number of nitrogens with zero attached hydrogens (tertiary/aromatic N) is 4. The summed E-state index contributed by atoms with van der Waals surface area (Å²) in [6.45, 7) is 8.85. The number of hydrogen-bond donors (Lipinski definition) is 1. The van der Waals surface area contributed by atoms with Crippen molar-refractivity contribution in [3.8, 4) is 0 Å². The van der Waals surface area contributed by atoms with Gasteiger partial charge in [-0.1, -0.05) is 12.1 Å². The lowest BCUT2D eigenvalue weighted by molar-refractivity contribution is -0.123. The molecule has 8 heteroatoms. The van der Waals surface area contributed by atoms with Gasteiger partial charge in [0.15, 0.2) is 0 Å². The highest BCUT2D eigenvalue weighted by atomic mass is 16.5. The Bertz CT molecular complexity index is 912. The third-order valence-corrected chi connectivity index (χ3v) is 5.91. The Balaban J connectivity index is 1.44. The molecule has 1 aliphatic carbocycles. The normalized spacial score (nSPS) is 18.8. The summed E-state index contributed by atoms with van der Waals surface area (Å²) in [7, 11) is 0. The summed E-state index contributed by atoms with van der Waals surface area (Å²) in [5.41, 5.74) is 2.71. The van der Waals surface area contributed by atoms with E-state index in [-0.39, 0.29) is 17.9 Å². The zero-order valence-electron chi connectivity index (χ0n) is 17.4. The maximum absolute atomic E-state index is 13.3. The highest BCUT2D eigenvalue weighted by Crippen LogP contribution is 2.40. The van der Waals surface area contributed by atoms with Crippen molar-refractivity contribution in [2.24, 2.45) is 0 Å². The summed E-state index contributed by atoms with van der Waals surface area (Å²) in [5, 5.41) is 7.73. The van der Waals surface area contributed by atoms with Crippen molar-refractivity contribution < 1.29 is 14.1 Å². The van der Waals surface area contributed by atoms with Crippen molar-refractivity contribution >= 4 is 22.9 Å². The summed E-state index contributed by atoms with van der Waals surface area (Å²) in [6.07, 6.45) is 3.13. The maximum atomic E-state index is 13.3. The quantitative estimate of drug-likeness (QED) is 0.800. The average Bonchev–Trinajstić information content (AvgIpc) is 3.50. The van der Waals surface area contributed by atoms with Crippen LogP contribution in [0.4, 0.5) is 0 Å². The standard InChI is InChI=1S/C21H29N5O3/c1-4-13(2)22-18(27)12-25-7-9-26(10-8-25)21(28)16-11-17(15-5-6-15)23-20-19(16)14(3)24-29-20/h11,13,15H,4-10,12H2,1-3H3,(H,22,27). The number of carbonyl (C=O) groups is 2. The third-order valence-electron chi connectivity index (χ3n) is 5.91. The summed E-state index contributed by atoms with van der Waals surface area (Å²) in [6, 6.07) is 2.12. The second-order valence-corrected chi connectivity index (χ2v) is 8.26. The summed E-state index contributed by atoms with van der Waals surface area (Å²) in [4.78, 5) is 34.0. The fourth-order valence-corrected chi connectivity index (χ4v) is 3.78. The molecule has 2 aromatic rings. The number of piperazine rings is 1. The zero-order valence-corrected chi connectivity index (χ0v) is 17.4. The molecule has 29 heavy (non-hydrogen) atoms. The third kappa shape index (κ3) is 4.27. The minimum absolute atomic E-state index is 0.00527. The van der Waals surface area contributed by atoms with Gasteiger partial charge in [-0.25, -0.2) is 4.98 Å². The molecular weight excluding hydrogens is 370 g/mol. The van der Waals surface area contributed by atoms with E-state index in [2.05, 4.69) is 27.3 Å². The van der Waals surface area contributed by atoms with Crippen LogP contribution in [0.5, 0.6) is 0 Å². The fraction of sp³-hybridized carbons (Fsp3) is 0.619. The van der Waals surface area contributed by atoms with E-state index >= 15 is 0 Å². The minimum Gasteiger partial charge on any atom is -0.353 e. The molecule has 1 saturated carbocycles. The molecule has 2 amide bonds. The summed E-state index contributed by atoms with van der Waals surface area (Å²) < 4.78 is 5.36. The maximum Gasteiger partial charge on any atom is 0.259 e. The number of hydrogen-bond acceptors (Lipinski definition) is 6. The van der Waals surface area contributed by atoms with Gasteiger partial charge in [0.1, 0.15) is 0 Å². The predicted octanol–water partition coefficient (Wildman–Crippen LogP) is 2.08. The number of nitrogens with one attached hydrogen (secondary N) is 1. The van der Waals surface area contributed by atoms with Crippen LogP contribution in [-0.4, -0.2) is 70.5 Å². The van der Waals surface area contributed by atoms with E-state index in [0.717, 1.165) is 30.3 Å². The van der Waals surface area contributed by atoms with Gasteiger partial charge in [-0.05, 0) is 39.2 Å². The van der Waals surface area contributed by atoms with Crippen LogP contribution in [0.15, 0.2) is 10.6 Å². The first-order valence-corrected chi connectivity index (χ1v) is 10.5. The van der Waals surface area contributed by atoms with Gasteiger partial charge in [0, 0.05) is 43.8 Å². The molecular formula is C21H29N5O3. The van der Waals surface area contributed by atoms with E-state index in [1.807, 2.05) is 24.8 Å². The van der Waals surface area contributed by atoms with Crippen LogP contribution < -0.4 is 5.32 Å². The van der Waals surface area contributed by atoms with Gasteiger partial charge in [-0.3, -0.25) is 14.5 Å². The molecule has 1 aliphatic heterocycles. The van der Waals surface area contributed by atoms with Crippen LogP contribution in [0.25, 0.3) is 11.1 Å². The Morgan fingerprint density at radius 3 is 2.66 bits per heavy atom. The number of aryl methyl sites for hydroxylation is 1. The highest BCUT2D eigenvalue weighted by Gasteiger charge is 2.31. The molecule has 0 radical (unpaired) electrons. The number of rotatable bonds is 6. The Morgan fingerprint density at radius 1 is 1.28 bits per heavy atom. The van der Waals surface area contributed by atoms with Crippen LogP contribution >= 0.6 is 0 Å². The molecule has 156 valence electrons. The Labute approximate surface area is 170 Å². The molecule has 1 saturated heterocycles. The van der Waals surface area contributed by atoms with E-state index < -0.39 is 0 Å². The van der Waals surface area contributed by atoms with Crippen molar-refractivity contribution in [2.45, 2.75) is 52.0 Å². The monoisotopic (exact) mass is 399 g/mol.